The summed E-state index contributed by atoms with van der Waals surface area (Å²) < 4.78 is 53.7. The van der Waals surface area contributed by atoms with E-state index in [0.29, 0.717) is 0 Å². The van der Waals surface area contributed by atoms with Crippen molar-refractivity contribution >= 4 is 17.3 Å². The molecule has 0 aliphatic rings. The summed E-state index contributed by atoms with van der Waals surface area (Å²) in [6.45, 7) is -0.170. The van der Waals surface area contributed by atoms with E-state index in [1.165, 1.54) is 18.2 Å². The van der Waals surface area contributed by atoms with Gasteiger partial charge in [0, 0.05) is 6.54 Å². The summed E-state index contributed by atoms with van der Waals surface area (Å²) >= 11 is 5.72. The number of hydrogen-bond donors (Lipinski definition) is 1. The lowest BCUT2D eigenvalue weighted by molar-refractivity contribution is 0.507. The predicted molar refractivity (Wildman–Crippen MR) is 74.5 cm³/mol. The second-order valence-corrected chi connectivity index (χ2v) is 4.77. The predicted octanol–water partition coefficient (Wildman–Crippen LogP) is 4.25. The van der Waals surface area contributed by atoms with Gasteiger partial charge in [-0.05, 0) is 17.7 Å². The first-order valence-electron chi connectivity index (χ1n) is 6.09. The number of hydrogen-bond acceptors (Lipinski definition) is 3. The van der Waals surface area contributed by atoms with Crippen LogP contribution >= 0.6 is 11.6 Å². The number of anilines is 1. The standard InChI is InChI=1S/C15H6ClF4N3/c16-12-14(20)8(4-21)13(19)9(5-22)15(12)23-6-7-1-2-10(17)11(18)3-7/h1-3,23H,6H2. The van der Waals surface area contributed by atoms with E-state index in [1.54, 1.807) is 0 Å². The molecule has 8 heteroatoms. The molecular formula is C15H6ClF4N3. The van der Waals surface area contributed by atoms with Gasteiger partial charge >= 0.3 is 0 Å². The first-order valence-corrected chi connectivity index (χ1v) is 6.47. The van der Waals surface area contributed by atoms with Crippen LogP contribution in [0, 0.1) is 45.9 Å². The Morgan fingerprint density at radius 2 is 1.61 bits per heavy atom. The number of rotatable bonds is 3. The van der Waals surface area contributed by atoms with Gasteiger partial charge in [-0.2, -0.15) is 10.5 Å². The van der Waals surface area contributed by atoms with Gasteiger partial charge in [0.25, 0.3) is 0 Å². The van der Waals surface area contributed by atoms with Crippen molar-refractivity contribution < 1.29 is 17.6 Å². The van der Waals surface area contributed by atoms with Crippen molar-refractivity contribution in [3.8, 4) is 12.1 Å². The fourth-order valence-corrected chi connectivity index (χ4v) is 2.13. The molecule has 0 spiro atoms. The molecule has 0 atom stereocenters. The molecule has 0 saturated heterocycles. The molecule has 2 aromatic carbocycles. The minimum absolute atomic E-state index is 0.170. The minimum atomic E-state index is -1.34. The monoisotopic (exact) mass is 339 g/mol. The Hall–Kier alpha value is -2.77. The van der Waals surface area contributed by atoms with Gasteiger partial charge in [-0.1, -0.05) is 17.7 Å². The molecule has 116 valence electrons. The van der Waals surface area contributed by atoms with Crippen LogP contribution in [0.15, 0.2) is 18.2 Å². The Labute approximate surface area is 133 Å². The number of nitrogens with one attached hydrogen (secondary N) is 1. The van der Waals surface area contributed by atoms with Gasteiger partial charge < -0.3 is 5.32 Å². The van der Waals surface area contributed by atoms with E-state index in [2.05, 4.69) is 5.32 Å². The summed E-state index contributed by atoms with van der Waals surface area (Å²) in [4.78, 5) is 0. The zero-order valence-corrected chi connectivity index (χ0v) is 12.0. The van der Waals surface area contributed by atoms with Crippen molar-refractivity contribution in [2.24, 2.45) is 0 Å². The highest BCUT2D eigenvalue weighted by atomic mass is 35.5. The van der Waals surface area contributed by atoms with Crippen LogP contribution in [0.4, 0.5) is 23.2 Å². The topological polar surface area (TPSA) is 59.6 Å². The Balaban J connectivity index is 2.42. The maximum Gasteiger partial charge on any atom is 0.164 e. The molecule has 0 aliphatic carbocycles. The van der Waals surface area contributed by atoms with Gasteiger partial charge in [0.2, 0.25) is 0 Å². The molecule has 0 fully saturated rings. The molecule has 0 unspecified atom stereocenters. The van der Waals surface area contributed by atoms with Crippen LogP contribution < -0.4 is 5.32 Å². The van der Waals surface area contributed by atoms with Crippen LogP contribution in [-0.2, 0) is 6.54 Å². The second kappa shape index (κ2) is 6.55. The first kappa shape index (κ1) is 16.6. The minimum Gasteiger partial charge on any atom is -0.379 e. The fourth-order valence-electron chi connectivity index (χ4n) is 1.87. The van der Waals surface area contributed by atoms with Gasteiger partial charge in [0.05, 0.1) is 5.69 Å². The third-order valence-corrected chi connectivity index (χ3v) is 3.35. The smallest absolute Gasteiger partial charge is 0.164 e. The highest BCUT2D eigenvalue weighted by Crippen LogP contribution is 2.34. The molecule has 0 saturated carbocycles. The Kier molecular flexibility index (Phi) is 4.73. The molecule has 2 rings (SSSR count). The van der Waals surface area contributed by atoms with Gasteiger partial charge in [0.1, 0.15) is 28.3 Å². The van der Waals surface area contributed by atoms with Crippen molar-refractivity contribution in [1.29, 1.82) is 10.5 Å². The highest BCUT2D eigenvalue weighted by molar-refractivity contribution is 6.33. The zero-order valence-electron chi connectivity index (χ0n) is 11.2. The quantitative estimate of drug-likeness (QED) is 0.671. The van der Waals surface area contributed by atoms with Crippen LogP contribution in [-0.4, -0.2) is 0 Å². The Morgan fingerprint density at radius 1 is 0.957 bits per heavy atom. The van der Waals surface area contributed by atoms with Crippen LogP contribution in [0.5, 0.6) is 0 Å². The van der Waals surface area contributed by atoms with E-state index < -0.39 is 39.4 Å². The largest absolute Gasteiger partial charge is 0.379 e. The van der Waals surface area contributed by atoms with Crippen molar-refractivity contribution in [2.75, 3.05) is 5.32 Å². The van der Waals surface area contributed by atoms with Crippen molar-refractivity contribution in [3.63, 3.8) is 0 Å². The summed E-state index contributed by atoms with van der Waals surface area (Å²) in [6.07, 6.45) is 0. The maximum absolute atomic E-state index is 13.9. The highest BCUT2D eigenvalue weighted by Gasteiger charge is 2.23. The van der Waals surface area contributed by atoms with Gasteiger partial charge in [-0.3, -0.25) is 0 Å². The van der Waals surface area contributed by atoms with Gasteiger partial charge in [-0.15, -0.1) is 0 Å². The fraction of sp³-hybridized carbons (Fsp3) is 0.0667. The van der Waals surface area contributed by atoms with Crippen LogP contribution in [0.25, 0.3) is 0 Å². The molecule has 0 heterocycles. The van der Waals surface area contributed by atoms with E-state index >= 15 is 0 Å². The van der Waals surface area contributed by atoms with Crippen molar-refractivity contribution in [1.82, 2.24) is 0 Å². The van der Waals surface area contributed by atoms with Crippen LogP contribution in [0.1, 0.15) is 16.7 Å². The maximum atomic E-state index is 13.9. The zero-order chi connectivity index (χ0) is 17.1. The van der Waals surface area contributed by atoms with Crippen LogP contribution in [0.2, 0.25) is 5.02 Å². The second-order valence-electron chi connectivity index (χ2n) is 4.39. The lowest BCUT2D eigenvalue weighted by atomic mass is 10.1. The summed E-state index contributed by atoms with van der Waals surface area (Å²) in [7, 11) is 0. The third-order valence-electron chi connectivity index (χ3n) is 3.00. The van der Waals surface area contributed by atoms with E-state index in [9.17, 15) is 17.6 Å². The number of nitrogens with zero attached hydrogens (tertiary/aromatic N) is 2. The SMILES string of the molecule is N#Cc1c(F)c(Cl)c(NCc2ccc(F)c(F)c2)c(C#N)c1F. The van der Waals surface area contributed by atoms with E-state index in [4.69, 9.17) is 22.1 Å². The van der Waals surface area contributed by atoms with Gasteiger partial charge in [0.15, 0.2) is 23.3 Å². The Morgan fingerprint density at radius 3 is 2.17 bits per heavy atom. The normalized spacial score (nSPS) is 10.0. The summed E-state index contributed by atoms with van der Waals surface area (Å²) in [5.74, 6) is -4.78. The number of nitriles is 2. The molecule has 23 heavy (non-hydrogen) atoms. The average Bonchev–Trinajstić information content (AvgIpc) is 2.53. The van der Waals surface area contributed by atoms with E-state index in [1.807, 2.05) is 0 Å². The van der Waals surface area contributed by atoms with Crippen molar-refractivity contribution in [2.45, 2.75) is 6.54 Å². The molecule has 0 amide bonds. The summed E-state index contributed by atoms with van der Waals surface area (Å²) in [5, 5.41) is 19.5. The van der Waals surface area contributed by atoms with Crippen LogP contribution in [0.3, 0.4) is 0 Å². The average molecular weight is 340 g/mol. The Bertz CT molecular complexity index is 869. The molecule has 3 nitrogen and oxygen atoms in total. The molecule has 1 N–H and O–H groups in total. The molecule has 0 bridgehead atoms. The molecule has 0 radical (unpaired) electrons. The molecule has 0 aliphatic heterocycles. The van der Waals surface area contributed by atoms with E-state index in [0.717, 1.165) is 12.1 Å². The molecular weight excluding hydrogens is 334 g/mol. The van der Waals surface area contributed by atoms with E-state index in [-0.39, 0.29) is 17.8 Å². The third kappa shape index (κ3) is 3.05. The summed E-state index contributed by atoms with van der Waals surface area (Å²) in [5.41, 5.74) is -1.72. The molecule has 2 aromatic rings. The summed E-state index contributed by atoms with van der Waals surface area (Å²) in [6, 6.07) is 5.81. The lowest BCUT2D eigenvalue weighted by Crippen LogP contribution is -2.07. The molecule has 0 aromatic heterocycles. The lowest BCUT2D eigenvalue weighted by Gasteiger charge is -2.13. The van der Waals surface area contributed by atoms with Gasteiger partial charge in [-0.25, -0.2) is 17.6 Å². The number of benzene rings is 2. The van der Waals surface area contributed by atoms with Crippen molar-refractivity contribution in [3.05, 3.63) is 63.2 Å². The first-order chi connectivity index (χ1) is 10.9. The number of halogens is 5.